The fraction of sp³-hybridized carbons (Fsp3) is 0.182. The summed E-state index contributed by atoms with van der Waals surface area (Å²) in [5.74, 6) is -0.750. The molecule has 0 aliphatic carbocycles. The van der Waals surface area contributed by atoms with E-state index < -0.39 is 12.0 Å². The van der Waals surface area contributed by atoms with E-state index in [0.717, 1.165) is 27.6 Å². The van der Waals surface area contributed by atoms with Gasteiger partial charge in [0.05, 0.1) is 27.9 Å². The van der Waals surface area contributed by atoms with Crippen molar-refractivity contribution >= 4 is 34.3 Å². The number of fused-ring (bicyclic) bond motifs is 2. The molecule has 0 N–H and O–H groups in total. The molecule has 0 fully saturated rings. The first-order valence-corrected chi connectivity index (χ1v) is 14.2. The molecule has 0 bridgehead atoms. The molecular formula is C33H28FN3O3S. The van der Waals surface area contributed by atoms with Crippen LogP contribution in [0.4, 0.5) is 4.39 Å². The minimum absolute atomic E-state index is 0.222. The molecule has 0 amide bonds. The summed E-state index contributed by atoms with van der Waals surface area (Å²) in [5, 5.41) is 0.998. The summed E-state index contributed by atoms with van der Waals surface area (Å²) < 4.78 is 23.3. The highest BCUT2D eigenvalue weighted by atomic mass is 32.1. The molecule has 0 spiro atoms. The van der Waals surface area contributed by atoms with E-state index in [2.05, 4.69) is 9.56 Å². The Hall–Kier alpha value is -4.56. The molecule has 1 aliphatic rings. The van der Waals surface area contributed by atoms with Crippen molar-refractivity contribution in [2.75, 3.05) is 0 Å². The molecule has 1 unspecified atom stereocenters. The van der Waals surface area contributed by atoms with E-state index in [-0.39, 0.29) is 17.5 Å². The number of nitrogens with zero attached hydrogens (tertiary/aromatic N) is 3. The van der Waals surface area contributed by atoms with Gasteiger partial charge in [-0.25, -0.2) is 14.2 Å². The monoisotopic (exact) mass is 565 g/mol. The molecule has 41 heavy (non-hydrogen) atoms. The van der Waals surface area contributed by atoms with Crippen LogP contribution >= 0.6 is 11.3 Å². The molecule has 206 valence electrons. The maximum absolute atomic E-state index is 14.0. The number of carbonyl (C=O) groups excluding carboxylic acids is 1. The summed E-state index contributed by atoms with van der Waals surface area (Å²) in [5.41, 5.74) is 4.35. The molecule has 6 nitrogen and oxygen atoms in total. The number of benzene rings is 3. The highest BCUT2D eigenvalue weighted by Gasteiger charge is 2.33. The van der Waals surface area contributed by atoms with Crippen molar-refractivity contribution in [1.82, 2.24) is 9.13 Å². The smallest absolute Gasteiger partial charge is 0.338 e. The second-order valence-electron chi connectivity index (χ2n) is 10.3. The summed E-state index contributed by atoms with van der Waals surface area (Å²) in [4.78, 5) is 32.5. The van der Waals surface area contributed by atoms with Crippen molar-refractivity contribution < 1.29 is 13.9 Å². The Morgan fingerprint density at radius 1 is 1.05 bits per heavy atom. The van der Waals surface area contributed by atoms with Gasteiger partial charge in [0.2, 0.25) is 0 Å². The first-order chi connectivity index (χ1) is 19.8. The predicted molar refractivity (Wildman–Crippen MR) is 159 cm³/mol. The van der Waals surface area contributed by atoms with Crippen LogP contribution in [0, 0.1) is 5.82 Å². The van der Waals surface area contributed by atoms with E-state index in [1.54, 1.807) is 37.5 Å². The lowest BCUT2D eigenvalue weighted by atomic mass is 9.96. The predicted octanol–water partition coefficient (Wildman–Crippen LogP) is 5.33. The number of aromatic nitrogens is 2. The number of allylic oxidation sites excluding steroid dienone is 1. The maximum atomic E-state index is 14.0. The summed E-state index contributed by atoms with van der Waals surface area (Å²) >= 11 is 1.30. The van der Waals surface area contributed by atoms with E-state index in [1.165, 1.54) is 23.5 Å². The van der Waals surface area contributed by atoms with Gasteiger partial charge in [-0.05, 0) is 56.2 Å². The molecule has 8 heteroatoms. The van der Waals surface area contributed by atoms with E-state index in [9.17, 15) is 14.0 Å². The average Bonchev–Trinajstić information content (AvgIpc) is 3.45. The normalized spacial score (nSPS) is 15.3. The molecule has 1 aliphatic heterocycles. The van der Waals surface area contributed by atoms with Gasteiger partial charge in [0.25, 0.3) is 5.56 Å². The molecule has 0 radical (unpaired) electrons. The van der Waals surface area contributed by atoms with E-state index in [4.69, 9.17) is 4.74 Å². The van der Waals surface area contributed by atoms with Crippen molar-refractivity contribution in [1.29, 1.82) is 0 Å². The van der Waals surface area contributed by atoms with Gasteiger partial charge >= 0.3 is 5.97 Å². The first kappa shape index (κ1) is 26.7. The number of ether oxygens (including phenoxy) is 1. The van der Waals surface area contributed by atoms with Crippen molar-refractivity contribution in [2.45, 2.75) is 39.5 Å². The van der Waals surface area contributed by atoms with E-state index >= 15 is 0 Å². The Labute approximate surface area is 240 Å². The van der Waals surface area contributed by atoms with Gasteiger partial charge in [-0.15, -0.1) is 0 Å². The molecule has 3 heterocycles. The van der Waals surface area contributed by atoms with Gasteiger partial charge < -0.3 is 9.30 Å². The van der Waals surface area contributed by atoms with Gasteiger partial charge in [-0.3, -0.25) is 9.36 Å². The van der Waals surface area contributed by atoms with Crippen molar-refractivity contribution in [3.63, 3.8) is 0 Å². The lowest BCUT2D eigenvalue weighted by Crippen LogP contribution is -2.40. The Balaban J connectivity index is 1.50. The van der Waals surface area contributed by atoms with Crippen LogP contribution in [0.5, 0.6) is 0 Å². The van der Waals surface area contributed by atoms with Crippen molar-refractivity contribution in [3.8, 4) is 0 Å². The second kappa shape index (κ2) is 10.8. The number of hydrogen-bond acceptors (Lipinski definition) is 5. The Morgan fingerprint density at radius 2 is 1.76 bits per heavy atom. The van der Waals surface area contributed by atoms with Gasteiger partial charge in [-0.1, -0.05) is 72.0 Å². The Morgan fingerprint density at radius 3 is 2.49 bits per heavy atom. The number of halogens is 1. The zero-order valence-electron chi connectivity index (χ0n) is 22.9. The summed E-state index contributed by atoms with van der Waals surface area (Å²) in [6.07, 6.45) is 3.59. The maximum Gasteiger partial charge on any atom is 0.338 e. The standard InChI is InChI=1S/C33H28FN3O3S/c1-20(2)40-32(39)29-21(3)35-33-37(30(29)23-9-5-4-6-10-23)31(38)28(41-33)17-24-19-36(27-12-8-7-11-26(24)27)18-22-13-15-25(34)16-14-22/h4-17,19-20,30H,18H2,1-3H3. The highest BCUT2D eigenvalue weighted by molar-refractivity contribution is 7.07. The molecule has 3 aromatic carbocycles. The SMILES string of the molecule is CC1=C(C(=O)OC(C)C)C(c2ccccc2)n2c(sc(=Cc3cn(Cc4ccc(F)cc4)c4ccccc34)c2=O)=N1. The third-order valence-corrected chi connectivity index (χ3v) is 8.05. The molecule has 2 aromatic heterocycles. The van der Waals surface area contributed by atoms with Gasteiger partial charge in [-0.2, -0.15) is 0 Å². The van der Waals surface area contributed by atoms with Gasteiger partial charge in [0, 0.05) is 29.2 Å². The fourth-order valence-electron chi connectivity index (χ4n) is 5.26. The Bertz CT molecular complexity index is 1980. The lowest BCUT2D eigenvalue weighted by Gasteiger charge is -2.25. The van der Waals surface area contributed by atoms with E-state index in [0.29, 0.717) is 27.1 Å². The number of carbonyl (C=O) groups is 1. The molecule has 0 saturated heterocycles. The zero-order valence-corrected chi connectivity index (χ0v) is 23.7. The molecular weight excluding hydrogens is 537 g/mol. The summed E-state index contributed by atoms with van der Waals surface area (Å²) in [6, 6.07) is 23.3. The van der Waals surface area contributed by atoms with Crippen LogP contribution in [-0.4, -0.2) is 21.2 Å². The quantitative estimate of drug-likeness (QED) is 0.262. The molecule has 1 atom stereocenters. The zero-order chi connectivity index (χ0) is 28.7. The van der Waals surface area contributed by atoms with Gasteiger partial charge in [0.1, 0.15) is 5.82 Å². The van der Waals surface area contributed by atoms with Crippen LogP contribution in [-0.2, 0) is 16.1 Å². The number of rotatable bonds is 6. The summed E-state index contributed by atoms with van der Waals surface area (Å²) in [6.45, 7) is 5.94. The van der Waals surface area contributed by atoms with Crippen molar-refractivity contribution in [3.05, 3.63) is 139 Å². The average molecular weight is 566 g/mol. The number of thiazole rings is 1. The topological polar surface area (TPSA) is 65.6 Å². The number of para-hydroxylation sites is 1. The fourth-order valence-corrected chi connectivity index (χ4v) is 6.30. The Kier molecular flexibility index (Phi) is 7.01. The molecule has 6 rings (SSSR count). The first-order valence-electron chi connectivity index (χ1n) is 13.4. The van der Waals surface area contributed by atoms with Crippen LogP contribution in [0.1, 0.15) is 43.5 Å². The lowest BCUT2D eigenvalue weighted by molar-refractivity contribution is -0.143. The summed E-state index contributed by atoms with van der Waals surface area (Å²) in [7, 11) is 0. The van der Waals surface area contributed by atoms with Crippen LogP contribution in [0.15, 0.2) is 106 Å². The second-order valence-corrected chi connectivity index (χ2v) is 11.3. The molecule has 0 saturated carbocycles. The van der Waals surface area contributed by atoms with Crippen LogP contribution in [0.2, 0.25) is 0 Å². The van der Waals surface area contributed by atoms with E-state index in [1.807, 2.05) is 66.9 Å². The third-order valence-electron chi connectivity index (χ3n) is 7.07. The van der Waals surface area contributed by atoms with Crippen LogP contribution in [0.25, 0.3) is 17.0 Å². The minimum atomic E-state index is -0.652. The minimum Gasteiger partial charge on any atom is -0.459 e. The number of hydrogen-bond donors (Lipinski definition) is 0. The van der Waals surface area contributed by atoms with Crippen molar-refractivity contribution in [2.24, 2.45) is 4.99 Å². The highest BCUT2D eigenvalue weighted by Crippen LogP contribution is 2.31. The van der Waals surface area contributed by atoms with Crippen LogP contribution < -0.4 is 14.9 Å². The third kappa shape index (κ3) is 5.07. The molecule has 5 aromatic rings. The van der Waals surface area contributed by atoms with Gasteiger partial charge in [0.15, 0.2) is 4.80 Å². The largest absolute Gasteiger partial charge is 0.459 e. The van der Waals surface area contributed by atoms with Crippen LogP contribution in [0.3, 0.4) is 0 Å². The number of esters is 1.